The van der Waals surface area contributed by atoms with Gasteiger partial charge in [-0.05, 0) is 63.6 Å². The molecule has 1 aromatic carbocycles. The summed E-state index contributed by atoms with van der Waals surface area (Å²) in [5.41, 5.74) is 6.71. The summed E-state index contributed by atoms with van der Waals surface area (Å²) in [6.45, 7) is 0. The molecule has 1 aliphatic rings. The monoisotopic (exact) mass is 316 g/mol. The number of aryl methyl sites for hydroxylation is 1. The second-order valence-electron chi connectivity index (χ2n) is 7.34. The first kappa shape index (κ1) is 18.0. The Morgan fingerprint density at radius 1 is 1.17 bits per heavy atom. The lowest BCUT2D eigenvalue weighted by atomic mass is 9.75. The molecule has 0 bridgehead atoms. The number of amides is 1. The molecule has 0 aromatic heterocycles. The molecule has 23 heavy (non-hydrogen) atoms. The zero-order valence-electron chi connectivity index (χ0n) is 14.7. The van der Waals surface area contributed by atoms with Crippen LogP contribution in [0.4, 0.5) is 0 Å². The van der Waals surface area contributed by atoms with Crippen molar-refractivity contribution in [3.63, 3.8) is 0 Å². The normalized spacial score (nSPS) is 22.9. The van der Waals surface area contributed by atoms with Crippen LogP contribution in [-0.2, 0) is 11.2 Å². The number of carbonyl (C=O) groups is 1. The van der Waals surface area contributed by atoms with E-state index in [1.165, 1.54) is 37.7 Å². The van der Waals surface area contributed by atoms with Crippen molar-refractivity contribution in [2.24, 2.45) is 17.6 Å². The van der Waals surface area contributed by atoms with Crippen molar-refractivity contribution in [1.29, 1.82) is 0 Å². The van der Waals surface area contributed by atoms with Crippen molar-refractivity contribution in [3.05, 3.63) is 35.9 Å². The first-order valence-electron chi connectivity index (χ1n) is 9.05. The number of carbonyl (C=O) groups excluding carboxylic acids is 1. The minimum Gasteiger partial charge on any atom is -0.370 e. The molecule has 1 atom stereocenters. The van der Waals surface area contributed by atoms with E-state index in [0.29, 0.717) is 18.4 Å². The number of nitrogens with zero attached hydrogens (tertiary/aromatic N) is 1. The van der Waals surface area contributed by atoms with Gasteiger partial charge in [0.25, 0.3) is 0 Å². The standard InChI is InChI=1S/C20H32N2O/c1-22(2)19(14-10-16-6-4-3-5-7-16)18-12-8-17(9-13-18)11-15-20(21)23/h3-7,17-19H,8-15H2,1-2H3,(H2,21,23). The van der Waals surface area contributed by atoms with Gasteiger partial charge in [-0.2, -0.15) is 0 Å². The Kier molecular flexibility index (Phi) is 7.10. The minimum absolute atomic E-state index is 0.152. The minimum atomic E-state index is -0.152. The molecule has 1 fully saturated rings. The van der Waals surface area contributed by atoms with E-state index >= 15 is 0 Å². The summed E-state index contributed by atoms with van der Waals surface area (Å²) in [7, 11) is 4.43. The zero-order valence-corrected chi connectivity index (χ0v) is 14.7. The molecular formula is C20H32N2O. The van der Waals surface area contributed by atoms with Crippen molar-refractivity contribution < 1.29 is 4.79 Å². The number of benzene rings is 1. The van der Waals surface area contributed by atoms with Gasteiger partial charge in [0, 0.05) is 12.5 Å². The molecule has 1 saturated carbocycles. The van der Waals surface area contributed by atoms with Crippen LogP contribution in [0.1, 0.15) is 50.5 Å². The molecule has 0 heterocycles. The summed E-state index contributed by atoms with van der Waals surface area (Å²) >= 11 is 0. The Balaban J connectivity index is 1.81. The third-order valence-electron chi connectivity index (χ3n) is 5.47. The highest BCUT2D eigenvalue weighted by atomic mass is 16.1. The van der Waals surface area contributed by atoms with Crippen LogP contribution in [0.15, 0.2) is 30.3 Å². The Bertz CT molecular complexity index is 464. The van der Waals surface area contributed by atoms with Gasteiger partial charge in [0.05, 0.1) is 0 Å². The Labute approximate surface area is 141 Å². The molecule has 128 valence electrons. The average Bonchev–Trinajstić information content (AvgIpc) is 2.55. The van der Waals surface area contributed by atoms with Crippen LogP contribution in [0.25, 0.3) is 0 Å². The molecule has 0 spiro atoms. The predicted octanol–water partition coefficient (Wildman–Crippen LogP) is 3.62. The van der Waals surface area contributed by atoms with Gasteiger partial charge in [-0.25, -0.2) is 0 Å². The van der Waals surface area contributed by atoms with Crippen LogP contribution >= 0.6 is 0 Å². The topological polar surface area (TPSA) is 46.3 Å². The number of hydrogen-bond acceptors (Lipinski definition) is 2. The Hall–Kier alpha value is -1.35. The molecule has 1 aromatic rings. The van der Waals surface area contributed by atoms with Gasteiger partial charge in [-0.3, -0.25) is 4.79 Å². The van der Waals surface area contributed by atoms with Crippen molar-refractivity contribution in [2.45, 2.75) is 57.4 Å². The fraction of sp³-hybridized carbons (Fsp3) is 0.650. The van der Waals surface area contributed by atoms with Gasteiger partial charge < -0.3 is 10.6 Å². The summed E-state index contributed by atoms with van der Waals surface area (Å²) in [5.74, 6) is 1.34. The molecule has 1 unspecified atom stereocenters. The third-order valence-corrected chi connectivity index (χ3v) is 5.47. The van der Waals surface area contributed by atoms with Crippen LogP contribution in [0.2, 0.25) is 0 Å². The summed E-state index contributed by atoms with van der Waals surface area (Å²) in [6, 6.07) is 11.5. The maximum atomic E-state index is 10.9. The molecule has 2 rings (SSSR count). The SMILES string of the molecule is CN(C)C(CCc1ccccc1)C1CCC(CCC(N)=O)CC1. The number of nitrogens with two attached hydrogens (primary N) is 1. The molecule has 1 amide bonds. The molecule has 1 aliphatic carbocycles. The van der Waals surface area contributed by atoms with Crippen molar-refractivity contribution in [2.75, 3.05) is 14.1 Å². The van der Waals surface area contributed by atoms with E-state index in [1.54, 1.807) is 0 Å². The Morgan fingerprint density at radius 3 is 2.39 bits per heavy atom. The van der Waals surface area contributed by atoms with E-state index in [9.17, 15) is 4.79 Å². The Morgan fingerprint density at radius 2 is 1.83 bits per heavy atom. The lowest BCUT2D eigenvalue weighted by Crippen LogP contribution is -2.37. The summed E-state index contributed by atoms with van der Waals surface area (Å²) in [5, 5.41) is 0. The van der Waals surface area contributed by atoms with E-state index in [4.69, 9.17) is 5.73 Å². The van der Waals surface area contributed by atoms with Crippen LogP contribution in [0.5, 0.6) is 0 Å². The molecule has 3 nitrogen and oxygen atoms in total. The van der Waals surface area contributed by atoms with Crippen LogP contribution in [0, 0.1) is 11.8 Å². The number of rotatable bonds is 8. The summed E-state index contributed by atoms with van der Waals surface area (Å²) in [6.07, 6.45) is 9.03. The zero-order chi connectivity index (χ0) is 16.7. The first-order valence-corrected chi connectivity index (χ1v) is 9.05. The van der Waals surface area contributed by atoms with Gasteiger partial charge in [0.2, 0.25) is 5.91 Å². The quantitative estimate of drug-likeness (QED) is 0.796. The van der Waals surface area contributed by atoms with Gasteiger partial charge in [-0.15, -0.1) is 0 Å². The van der Waals surface area contributed by atoms with Crippen molar-refractivity contribution in [1.82, 2.24) is 4.90 Å². The van der Waals surface area contributed by atoms with Crippen LogP contribution in [-0.4, -0.2) is 30.9 Å². The molecule has 2 N–H and O–H groups in total. The summed E-state index contributed by atoms with van der Waals surface area (Å²) < 4.78 is 0. The van der Waals surface area contributed by atoms with E-state index in [1.807, 2.05) is 0 Å². The second-order valence-corrected chi connectivity index (χ2v) is 7.34. The molecule has 0 saturated heterocycles. The van der Waals surface area contributed by atoms with E-state index < -0.39 is 0 Å². The molecule has 0 aliphatic heterocycles. The number of hydrogen-bond donors (Lipinski definition) is 1. The van der Waals surface area contributed by atoms with Crippen molar-refractivity contribution in [3.8, 4) is 0 Å². The lowest BCUT2D eigenvalue weighted by Gasteiger charge is -2.37. The lowest BCUT2D eigenvalue weighted by molar-refractivity contribution is -0.118. The van der Waals surface area contributed by atoms with E-state index in [0.717, 1.165) is 18.8 Å². The van der Waals surface area contributed by atoms with Gasteiger partial charge >= 0.3 is 0 Å². The smallest absolute Gasteiger partial charge is 0.217 e. The fourth-order valence-electron chi connectivity index (χ4n) is 4.08. The van der Waals surface area contributed by atoms with E-state index in [2.05, 4.69) is 49.3 Å². The highest BCUT2D eigenvalue weighted by Gasteiger charge is 2.28. The van der Waals surface area contributed by atoms with Gasteiger partial charge in [0.15, 0.2) is 0 Å². The second kappa shape index (κ2) is 9.07. The first-order chi connectivity index (χ1) is 11.1. The molecular weight excluding hydrogens is 284 g/mol. The maximum Gasteiger partial charge on any atom is 0.217 e. The largest absolute Gasteiger partial charge is 0.370 e. The van der Waals surface area contributed by atoms with Gasteiger partial charge in [0.1, 0.15) is 0 Å². The predicted molar refractivity (Wildman–Crippen MR) is 96.1 cm³/mol. The fourth-order valence-corrected chi connectivity index (χ4v) is 4.08. The summed E-state index contributed by atoms with van der Waals surface area (Å²) in [4.78, 5) is 13.4. The number of primary amides is 1. The van der Waals surface area contributed by atoms with Crippen LogP contribution in [0.3, 0.4) is 0 Å². The molecule has 0 radical (unpaired) electrons. The van der Waals surface area contributed by atoms with Crippen LogP contribution < -0.4 is 5.73 Å². The molecule has 3 heteroatoms. The van der Waals surface area contributed by atoms with Crippen molar-refractivity contribution >= 4 is 5.91 Å². The third kappa shape index (κ3) is 5.98. The van der Waals surface area contributed by atoms with E-state index in [-0.39, 0.29) is 5.91 Å². The average molecular weight is 316 g/mol. The maximum absolute atomic E-state index is 10.9. The highest BCUT2D eigenvalue weighted by molar-refractivity contribution is 5.73. The highest BCUT2D eigenvalue weighted by Crippen LogP contribution is 2.35. The van der Waals surface area contributed by atoms with Gasteiger partial charge in [-0.1, -0.05) is 43.2 Å².